The lowest BCUT2D eigenvalue weighted by Crippen LogP contribution is -2.29. The van der Waals surface area contributed by atoms with Crippen LogP contribution in [0.25, 0.3) is 16.7 Å². The van der Waals surface area contributed by atoms with Crippen molar-refractivity contribution in [3.63, 3.8) is 0 Å². The largest absolute Gasteiger partial charge is 0.508 e. The number of fused-ring (bicyclic) bond motifs is 1. The number of aromatic hydroxyl groups is 1. The van der Waals surface area contributed by atoms with Crippen LogP contribution in [0.4, 0.5) is 10.2 Å². The second-order valence-electron chi connectivity index (χ2n) is 7.27. The van der Waals surface area contributed by atoms with E-state index in [1.54, 1.807) is 17.0 Å². The van der Waals surface area contributed by atoms with Gasteiger partial charge < -0.3 is 25.4 Å². The molecule has 0 radical (unpaired) electrons. The molecule has 3 heterocycles. The van der Waals surface area contributed by atoms with Crippen molar-refractivity contribution in [1.29, 1.82) is 0 Å². The first-order valence-electron chi connectivity index (χ1n) is 9.05. The molecule has 0 amide bonds. The van der Waals surface area contributed by atoms with Crippen LogP contribution in [0.2, 0.25) is 0 Å². The maximum Gasteiger partial charge on any atom is 0.341 e. The summed E-state index contributed by atoms with van der Waals surface area (Å²) in [6.45, 7) is 2.91. The third kappa shape index (κ3) is 3.57. The average molecular weight is 435 g/mol. The Morgan fingerprint density at radius 1 is 1.27 bits per heavy atom. The smallest absolute Gasteiger partial charge is 0.341 e. The lowest BCUT2D eigenvalue weighted by molar-refractivity contribution is 0.0695. The number of carboxylic acid groups (broad SMARTS) is 1. The number of rotatable bonds is 3. The Balaban J connectivity index is 0.00000256. The highest BCUT2D eigenvalue weighted by Crippen LogP contribution is 2.27. The van der Waals surface area contributed by atoms with Gasteiger partial charge in [0, 0.05) is 31.0 Å². The van der Waals surface area contributed by atoms with E-state index in [-0.39, 0.29) is 47.0 Å². The molecule has 30 heavy (non-hydrogen) atoms. The second-order valence-corrected chi connectivity index (χ2v) is 7.27. The number of nitrogens with two attached hydrogens (primary N) is 1. The van der Waals surface area contributed by atoms with Crippen molar-refractivity contribution >= 4 is 35.2 Å². The number of benzene rings is 1. The summed E-state index contributed by atoms with van der Waals surface area (Å²) in [5, 5.41) is 18.8. The van der Waals surface area contributed by atoms with Crippen molar-refractivity contribution in [1.82, 2.24) is 9.55 Å². The lowest BCUT2D eigenvalue weighted by atomic mass is 10.1. The molecule has 2 aromatic heterocycles. The SMILES string of the molecule is C[C@@H]1CN(c2nc3c(cc2F)c(=O)c(C(=O)O)cn3-c2ccc(O)cc2)C[C@H]1N.Cl. The minimum atomic E-state index is -1.42. The number of pyridine rings is 2. The van der Waals surface area contributed by atoms with Crippen LogP contribution in [0, 0.1) is 11.7 Å². The van der Waals surface area contributed by atoms with E-state index in [1.165, 1.54) is 16.7 Å². The molecule has 0 bridgehead atoms. The van der Waals surface area contributed by atoms with Crippen molar-refractivity contribution in [3.05, 3.63) is 58.1 Å². The fourth-order valence-electron chi connectivity index (χ4n) is 3.56. The number of phenolic OH excluding ortho intramolecular Hbond substituents is 1. The van der Waals surface area contributed by atoms with E-state index in [4.69, 9.17) is 5.73 Å². The van der Waals surface area contributed by atoms with Crippen molar-refractivity contribution in [2.75, 3.05) is 18.0 Å². The summed E-state index contributed by atoms with van der Waals surface area (Å²) in [6.07, 6.45) is 1.16. The molecule has 1 aliphatic heterocycles. The fraction of sp³-hybridized carbons (Fsp3) is 0.250. The number of nitrogens with zero attached hydrogens (tertiary/aromatic N) is 3. The van der Waals surface area contributed by atoms with E-state index in [9.17, 15) is 24.2 Å². The number of hydrogen-bond donors (Lipinski definition) is 3. The van der Waals surface area contributed by atoms with Crippen molar-refractivity contribution < 1.29 is 19.4 Å². The maximum atomic E-state index is 14.9. The summed E-state index contributed by atoms with van der Waals surface area (Å²) in [7, 11) is 0. The first-order chi connectivity index (χ1) is 13.8. The maximum absolute atomic E-state index is 14.9. The summed E-state index contributed by atoms with van der Waals surface area (Å²) in [5.41, 5.74) is 5.31. The van der Waals surface area contributed by atoms with E-state index in [0.29, 0.717) is 18.8 Å². The predicted octanol–water partition coefficient (Wildman–Crippen LogP) is 2.13. The van der Waals surface area contributed by atoms with Gasteiger partial charge >= 0.3 is 5.97 Å². The Kier molecular flexibility index (Phi) is 5.69. The molecular weight excluding hydrogens is 415 g/mol. The van der Waals surface area contributed by atoms with E-state index < -0.39 is 22.8 Å². The van der Waals surface area contributed by atoms with Crippen LogP contribution < -0.4 is 16.1 Å². The van der Waals surface area contributed by atoms with Gasteiger partial charge in [0.2, 0.25) is 5.43 Å². The number of carbonyl (C=O) groups is 1. The summed E-state index contributed by atoms with van der Waals surface area (Å²) in [6, 6.07) is 6.84. The molecule has 0 saturated carbocycles. The minimum Gasteiger partial charge on any atom is -0.508 e. The van der Waals surface area contributed by atoms with Gasteiger partial charge in [0.15, 0.2) is 17.3 Å². The molecule has 1 fully saturated rings. The predicted molar refractivity (Wildman–Crippen MR) is 113 cm³/mol. The average Bonchev–Trinajstić information content (AvgIpc) is 3.01. The number of hydrogen-bond acceptors (Lipinski definition) is 6. The molecule has 1 saturated heterocycles. The number of anilines is 1. The first-order valence-corrected chi connectivity index (χ1v) is 9.05. The molecule has 1 aliphatic rings. The molecule has 0 unspecified atom stereocenters. The Hall–Kier alpha value is -3.17. The van der Waals surface area contributed by atoms with Gasteiger partial charge in [-0.25, -0.2) is 14.2 Å². The standard InChI is InChI=1S/C20H19FN4O4.ClH/c1-10-7-24(9-16(10)22)19-15(21)6-13-17(27)14(20(28)29)8-25(18(13)23-19)11-2-4-12(26)5-3-11;/h2-6,8,10,16,26H,7,9,22H2,1H3,(H,28,29);1H/t10-,16-;/m1./s1. The summed E-state index contributed by atoms with van der Waals surface area (Å²) in [5.74, 6) is -1.89. The van der Waals surface area contributed by atoms with Gasteiger partial charge in [-0.1, -0.05) is 6.92 Å². The summed E-state index contributed by atoms with van der Waals surface area (Å²) >= 11 is 0. The second kappa shape index (κ2) is 7.92. The minimum absolute atomic E-state index is 0. The van der Waals surface area contributed by atoms with Gasteiger partial charge in [0.1, 0.15) is 11.3 Å². The molecule has 4 rings (SSSR count). The van der Waals surface area contributed by atoms with E-state index >= 15 is 0 Å². The Morgan fingerprint density at radius 2 is 1.93 bits per heavy atom. The van der Waals surface area contributed by atoms with Crippen molar-refractivity contribution in [2.45, 2.75) is 13.0 Å². The van der Waals surface area contributed by atoms with E-state index in [2.05, 4.69) is 4.98 Å². The number of halogens is 2. The molecule has 158 valence electrons. The van der Waals surface area contributed by atoms with Gasteiger partial charge in [-0.05, 0) is 36.2 Å². The highest BCUT2D eigenvalue weighted by atomic mass is 35.5. The van der Waals surface area contributed by atoms with Gasteiger partial charge in [0.25, 0.3) is 0 Å². The fourth-order valence-corrected chi connectivity index (χ4v) is 3.56. The molecule has 1 aromatic carbocycles. The number of aromatic nitrogens is 2. The van der Waals surface area contributed by atoms with Crippen LogP contribution in [-0.2, 0) is 0 Å². The van der Waals surface area contributed by atoms with Crippen LogP contribution in [-0.4, -0.2) is 44.9 Å². The summed E-state index contributed by atoms with van der Waals surface area (Å²) in [4.78, 5) is 30.3. The van der Waals surface area contributed by atoms with Crippen molar-refractivity contribution in [2.24, 2.45) is 11.7 Å². The van der Waals surface area contributed by atoms with Crippen LogP contribution in [0.15, 0.2) is 41.3 Å². The van der Waals surface area contributed by atoms with Crippen LogP contribution >= 0.6 is 12.4 Å². The van der Waals surface area contributed by atoms with Crippen LogP contribution in [0.1, 0.15) is 17.3 Å². The third-order valence-electron chi connectivity index (χ3n) is 5.24. The zero-order valence-electron chi connectivity index (χ0n) is 15.9. The van der Waals surface area contributed by atoms with Gasteiger partial charge in [-0.2, -0.15) is 0 Å². The van der Waals surface area contributed by atoms with Gasteiger partial charge in [0.05, 0.1) is 5.39 Å². The molecular formula is C20H20ClFN4O4. The quantitative estimate of drug-likeness (QED) is 0.577. The zero-order chi connectivity index (χ0) is 20.9. The highest BCUT2D eigenvalue weighted by molar-refractivity contribution is 5.92. The normalized spacial score (nSPS) is 18.4. The van der Waals surface area contributed by atoms with Crippen molar-refractivity contribution in [3.8, 4) is 11.4 Å². The van der Waals surface area contributed by atoms with Gasteiger partial charge in [-0.15, -0.1) is 12.4 Å². The molecule has 10 heteroatoms. The molecule has 2 atom stereocenters. The Morgan fingerprint density at radius 3 is 2.50 bits per heavy atom. The molecule has 0 spiro atoms. The van der Waals surface area contributed by atoms with Crippen LogP contribution in [0.5, 0.6) is 5.75 Å². The van der Waals surface area contributed by atoms with E-state index in [0.717, 1.165) is 12.3 Å². The highest BCUT2D eigenvalue weighted by Gasteiger charge is 2.30. The molecule has 4 N–H and O–H groups in total. The summed E-state index contributed by atoms with van der Waals surface area (Å²) < 4.78 is 16.3. The third-order valence-corrected chi connectivity index (χ3v) is 5.24. The molecule has 8 nitrogen and oxygen atoms in total. The zero-order valence-corrected chi connectivity index (χ0v) is 16.8. The lowest BCUT2D eigenvalue weighted by Gasteiger charge is -2.20. The molecule has 3 aromatic rings. The number of carboxylic acids is 1. The topological polar surface area (TPSA) is 122 Å². The Labute approximate surface area is 176 Å². The molecule has 0 aliphatic carbocycles. The first kappa shape index (κ1) is 21.5. The number of phenols is 1. The van der Waals surface area contributed by atoms with Gasteiger partial charge in [-0.3, -0.25) is 4.79 Å². The monoisotopic (exact) mass is 434 g/mol. The Bertz CT molecular complexity index is 1170. The van der Waals surface area contributed by atoms with Crippen LogP contribution in [0.3, 0.4) is 0 Å². The van der Waals surface area contributed by atoms with E-state index in [1.807, 2.05) is 6.92 Å². The number of aromatic carboxylic acids is 1.